The van der Waals surface area contributed by atoms with E-state index < -0.39 is 5.97 Å². The van der Waals surface area contributed by atoms with Gasteiger partial charge in [-0.3, -0.25) is 4.79 Å². The van der Waals surface area contributed by atoms with Crippen LogP contribution in [0.4, 0.5) is 0 Å². The lowest BCUT2D eigenvalue weighted by atomic mass is 9.99. The van der Waals surface area contributed by atoms with Crippen LogP contribution in [-0.2, 0) is 11.2 Å². The fraction of sp³-hybridized carbons (Fsp3) is 0.200. The first-order valence-electron chi connectivity index (χ1n) is 8.19. The minimum Gasteiger partial charge on any atom is -0.464 e. The molecule has 4 rings (SSSR count). The monoisotopic (exact) mass is 351 g/mol. The molecule has 0 bridgehead atoms. The lowest BCUT2D eigenvalue weighted by Crippen LogP contribution is -2.19. The molecule has 0 atom stereocenters. The van der Waals surface area contributed by atoms with Crippen LogP contribution >= 0.6 is 0 Å². The van der Waals surface area contributed by atoms with Crippen molar-refractivity contribution in [1.29, 1.82) is 0 Å². The molecular formula is C20H17NO5. The molecule has 0 aliphatic carbocycles. The van der Waals surface area contributed by atoms with Crippen LogP contribution in [0.1, 0.15) is 27.2 Å². The van der Waals surface area contributed by atoms with E-state index >= 15 is 0 Å². The van der Waals surface area contributed by atoms with E-state index in [2.05, 4.69) is 4.98 Å². The first-order valence-corrected chi connectivity index (χ1v) is 8.19. The Kier molecular flexibility index (Phi) is 3.88. The average molecular weight is 351 g/mol. The summed E-state index contributed by atoms with van der Waals surface area (Å²) in [6.07, 6.45) is 0.278. The highest BCUT2D eigenvalue weighted by atomic mass is 16.7. The van der Waals surface area contributed by atoms with Crippen LogP contribution in [-0.4, -0.2) is 24.9 Å². The molecule has 3 aromatic rings. The predicted molar refractivity (Wildman–Crippen MR) is 96.0 cm³/mol. The van der Waals surface area contributed by atoms with E-state index in [1.54, 1.807) is 12.1 Å². The summed E-state index contributed by atoms with van der Waals surface area (Å²) in [5.41, 5.74) is 2.81. The molecule has 6 nitrogen and oxygen atoms in total. The van der Waals surface area contributed by atoms with Gasteiger partial charge in [-0.25, -0.2) is 4.79 Å². The Morgan fingerprint density at radius 1 is 1.15 bits per heavy atom. The van der Waals surface area contributed by atoms with E-state index in [-0.39, 0.29) is 24.3 Å². The second-order valence-electron chi connectivity index (χ2n) is 6.21. The number of benzene rings is 2. The van der Waals surface area contributed by atoms with Gasteiger partial charge in [0.2, 0.25) is 6.79 Å². The van der Waals surface area contributed by atoms with Gasteiger partial charge in [0.1, 0.15) is 5.69 Å². The van der Waals surface area contributed by atoms with E-state index in [0.717, 1.165) is 11.1 Å². The molecule has 1 aliphatic rings. The largest absolute Gasteiger partial charge is 0.464 e. The predicted octanol–water partition coefficient (Wildman–Crippen LogP) is 2.94. The van der Waals surface area contributed by atoms with E-state index in [1.165, 1.54) is 7.11 Å². The van der Waals surface area contributed by atoms with Crippen molar-refractivity contribution >= 4 is 16.9 Å². The molecule has 0 saturated heterocycles. The van der Waals surface area contributed by atoms with Crippen molar-refractivity contribution in [2.24, 2.45) is 0 Å². The zero-order valence-electron chi connectivity index (χ0n) is 14.4. The summed E-state index contributed by atoms with van der Waals surface area (Å²) in [7, 11) is 1.30. The number of fused-ring (bicyclic) bond motifs is 2. The van der Waals surface area contributed by atoms with Gasteiger partial charge in [-0.1, -0.05) is 12.1 Å². The molecule has 0 fully saturated rings. The molecule has 1 aliphatic heterocycles. The van der Waals surface area contributed by atoms with Crippen molar-refractivity contribution in [2.75, 3.05) is 13.9 Å². The number of esters is 1. The lowest BCUT2D eigenvalue weighted by Gasteiger charge is -2.11. The summed E-state index contributed by atoms with van der Waals surface area (Å²) in [6, 6.07) is 11.0. The van der Waals surface area contributed by atoms with Gasteiger partial charge in [0.25, 0.3) is 0 Å². The van der Waals surface area contributed by atoms with Gasteiger partial charge >= 0.3 is 5.97 Å². The summed E-state index contributed by atoms with van der Waals surface area (Å²) >= 11 is 0. The number of carbonyl (C=O) groups is 1. The van der Waals surface area contributed by atoms with Gasteiger partial charge in [-0.05, 0) is 42.3 Å². The lowest BCUT2D eigenvalue weighted by molar-refractivity contribution is 0.0593. The molecule has 6 heteroatoms. The zero-order valence-corrected chi connectivity index (χ0v) is 14.4. The minimum absolute atomic E-state index is 0.174. The van der Waals surface area contributed by atoms with Crippen molar-refractivity contribution in [2.45, 2.75) is 13.3 Å². The number of aryl methyl sites for hydroxylation is 1. The molecule has 0 amide bonds. The molecule has 0 unspecified atom stereocenters. The molecule has 1 N–H and O–H groups in total. The third kappa shape index (κ3) is 2.69. The molecule has 132 valence electrons. The summed E-state index contributed by atoms with van der Waals surface area (Å²) in [4.78, 5) is 28.4. The van der Waals surface area contributed by atoms with Gasteiger partial charge in [-0.2, -0.15) is 0 Å². The Balaban J connectivity index is 1.87. The number of H-pyrrole nitrogens is 1. The molecular weight excluding hydrogens is 334 g/mol. The highest BCUT2D eigenvalue weighted by Crippen LogP contribution is 2.33. The van der Waals surface area contributed by atoms with E-state index in [4.69, 9.17) is 14.2 Å². The Morgan fingerprint density at radius 2 is 1.96 bits per heavy atom. The Bertz CT molecular complexity index is 1080. The maximum absolute atomic E-state index is 13.0. The molecule has 0 radical (unpaired) electrons. The van der Waals surface area contributed by atoms with Crippen LogP contribution in [0.25, 0.3) is 10.9 Å². The smallest absolute Gasteiger partial charge is 0.354 e. The molecule has 26 heavy (non-hydrogen) atoms. The number of rotatable bonds is 3. The normalized spacial score (nSPS) is 12.4. The quantitative estimate of drug-likeness (QED) is 0.734. The number of pyridine rings is 1. The number of aromatic amines is 1. The first kappa shape index (κ1) is 16.2. The number of methoxy groups -OCH3 is 1. The van der Waals surface area contributed by atoms with Gasteiger partial charge in [0, 0.05) is 17.4 Å². The second-order valence-corrected chi connectivity index (χ2v) is 6.21. The summed E-state index contributed by atoms with van der Waals surface area (Å²) < 4.78 is 15.6. The summed E-state index contributed by atoms with van der Waals surface area (Å²) in [5, 5.41) is 0.541. The van der Waals surface area contributed by atoms with Crippen molar-refractivity contribution in [3.8, 4) is 11.5 Å². The van der Waals surface area contributed by atoms with Crippen molar-refractivity contribution in [3.63, 3.8) is 0 Å². The number of carbonyl (C=O) groups excluding carboxylic acids is 1. The third-order valence-corrected chi connectivity index (χ3v) is 4.46. The molecule has 2 heterocycles. The maximum Gasteiger partial charge on any atom is 0.354 e. The number of aromatic nitrogens is 1. The van der Waals surface area contributed by atoms with Crippen molar-refractivity contribution in [3.05, 3.63) is 69.0 Å². The highest BCUT2D eigenvalue weighted by molar-refractivity contribution is 5.93. The van der Waals surface area contributed by atoms with Gasteiger partial charge in [-0.15, -0.1) is 0 Å². The standard InChI is InChI=1S/C20H17NO5/c1-11-3-5-13-15(7-11)21-18(20(23)24-2)14(19(13)22)8-12-4-6-16-17(9-12)26-10-25-16/h3-7,9H,8,10H2,1-2H3,(H,21,22). The Labute approximate surface area is 149 Å². The zero-order chi connectivity index (χ0) is 18.3. The minimum atomic E-state index is -0.568. The SMILES string of the molecule is COC(=O)c1[nH]c2cc(C)ccc2c(=O)c1Cc1ccc2c(c1)OCO2. The van der Waals surface area contributed by atoms with E-state index in [1.807, 2.05) is 31.2 Å². The van der Waals surface area contributed by atoms with Gasteiger partial charge in [0.15, 0.2) is 16.9 Å². The van der Waals surface area contributed by atoms with E-state index in [9.17, 15) is 9.59 Å². The summed E-state index contributed by atoms with van der Waals surface area (Å²) in [6.45, 7) is 2.11. The number of hydrogen-bond acceptors (Lipinski definition) is 5. The van der Waals surface area contributed by atoms with Crippen LogP contribution in [0, 0.1) is 6.92 Å². The first-order chi connectivity index (χ1) is 12.6. The maximum atomic E-state index is 13.0. The topological polar surface area (TPSA) is 77.6 Å². The van der Waals surface area contributed by atoms with Crippen LogP contribution in [0.3, 0.4) is 0 Å². The summed E-state index contributed by atoms with van der Waals surface area (Å²) in [5.74, 6) is 0.737. The van der Waals surface area contributed by atoms with Crippen LogP contribution in [0.15, 0.2) is 41.2 Å². The van der Waals surface area contributed by atoms with E-state index in [0.29, 0.717) is 28.0 Å². The second kappa shape index (κ2) is 6.22. The van der Waals surface area contributed by atoms with Crippen LogP contribution < -0.4 is 14.9 Å². The fourth-order valence-electron chi connectivity index (χ4n) is 3.15. The van der Waals surface area contributed by atoms with Crippen LogP contribution in [0.2, 0.25) is 0 Å². The van der Waals surface area contributed by atoms with Crippen molar-refractivity contribution < 1.29 is 19.0 Å². The fourth-order valence-corrected chi connectivity index (χ4v) is 3.15. The van der Waals surface area contributed by atoms with Crippen LogP contribution in [0.5, 0.6) is 11.5 Å². The van der Waals surface area contributed by atoms with Crippen molar-refractivity contribution in [1.82, 2.24) is 4.98 Å². The molecule has 0 saturated carbocycles. The highest BCUT2D eigenvalue weighted by Gasteiger charge is 2.20. The van der Waals surface area contributed by atoms with Gasteiger partial charge in [0.05, 0.1) is 12.6 Å². The molecule has 1 aromatic heterocycles. The molecule has 0 spiro atoms. The number of ether oxygens (including phenoxy) is 3. The third-order valence-electron chi connectivity index (χ3n) is 4.46. The number of nitrogens with one attached hydrogen (secondary N) is 1. The number of hydrogen-bond donors (Lipinski definition) is 1. The Hall–Kier alpha value is -3.28. The average Bonchev–Trinajstić information content (AvgIpc) is 3.10. The van der Waals surface area contributed by atoms with Gasteiger partial charge < -0.3 is 19.2 Å². The Morgan fingerprint density at radius 3 is 2.77 bits per heavy atom. The molecule has 2 aromatic carbocycles.